The van der Waals surface area contributed by atoms with Gasteiger partial charge in [-0.2, -0.15) is 0 Å². The minimum Gasteiger partial charge on any atom is -0.465 e. The van der Waals surface area contributed by atoms with Crippen molar-refractivity contribution in [2.24, 2.45) is 0 Å². The van der Waals surface area contributed by atoms with Gasteiger partial charge in [0.05, 0.1) is 12.9 Å². The topological polar surface area (TPSA) is 65.5 Å². The highest BCUT2D eigenvalue weighted by Gasteiger charge is 2.39. The zero-order valence-corrected chi connectivity index (χ0v) is 15.0. The van der Waals surface area contributed by atoms with E-state index in [2.05, 4.69) is 4.98 Å². The minimum absolute atomic E-state index is 0.292. The van der Waals surface area contributed by atoms with Gasteiger partial charge in [-0.3, -0.25) is 4.79 Å². The molecule has 0 unspecified atom stereocenters. The van der Waals surface area contributed by atoms with E-state index in [4.69, 9.17) is 25.2 Å². The molecule has 6 heteroatoms. The van der Waals surface area contributed by atoms with Gasteiger partial charge in [-0.25, -0.2) is 4.98 Å². The Hall–Kier alpha value is -2.53. The summed E-state index contributed by atoms with van der Waals surface area (Å²) >= 11 is 5.94. The Bertz CT molecular complexity index is 863. The third-order valence-electron chi connectivity index (χ3n) is 3.84. The molecule has 3 rings (SSSR count). The van der Waals surface area contributed by atoms with Gasteiger partial charge in [0, 0.05) is 10.6 Å². The molecular formula is C19H18ClNO4. The van der Waals surface area contributed by atoms with Crippen LogP contribution in [-0.2, 0) is 14.9 Å². The molecular weight excluding hydrogens is 342 g/mol. The Labute approximate surface area is 150 Å². The van der Waals surface area contributed by atoms with Gasteiger partial charge >= 0.3 is 5.97 Å². The lowest BCUT2D eigenvalue weighted by Crippen LogP contribution is -2.32. The molecule has 0 atom stereocenters. The number of furan rings is 1. The fourth-order valence-electron chi connectivity index (χ4n) is 2.44. The van der Waals surface area contributed by atoms with Gasteiger partial charge in [0.25, 0.3) is 0 Å². The number of carbonyl (C=O) groups is 1. The van der Waals surface area contributed by atoms with Crippen LogP contribution in [0.25, 0.3) is 23.0 Å². The molecule has 25 heavy (non-hydrogen) atoms. The van der Waals surface area contributed by atoms with E-state index in [9.17, 15) is 4.79 Å². The van der Waals surface area contributed by atoms with Crippen molar-refractivity contribution >= 4 is 17.6 Å². The Morgan fingerprint density at radius 3 is 2.56 bits per heavy atom. The summed E-state index contributed by atoms with van der Waals surface area (Å²) in [5, 5.41) is 0.619. The fourth-order valence-corrected chi connectivity index (χ4v) is 2.57. The van der Waals surface area contributed by atoms with Gasteiger partial charge in [-0.1, -0.05) is 11.6 Å². The van der Waals surface area contributed by atoms with Crippen molar-refractivity contribution in [3.63, 3.8) is 0 Å². The lowest BCUT2D eigenvalue weighted by atomic mass is 9.88. The molecule has 1 aromatic carbocycles. The van der Waals surface area contributed by atoms with Crippen LogP contribution < -0.4 is 0 Å². The average Bonchev–Trinajstić information content (AvgIpc) is 3.25. The largest absolute Gasteiger partial charge is 0.465 e. The molecule has 0 saturated carbocycles. The predicted octanol–water partition coefficient (Wildman–Crippen LogP) is 5.10. The SMILES string of the molecule is CCOC(=O)C(C)(C)c1nc(-c2ccc(Cl)cc2)oc1-c1ccco1. The van der Waals surface area contributed by atoms with E-state index in [0.717, 1.165) is 5.56 Å². The van der Waals surface area contributed by atoms with E-state index < -0.39 is 5.41 Å². The van der Waals surface area contributed by atoms with E-state index in [-0.39, 0.29) is 5.97 Å². The Morgan fingerprint density at radius 1 is 1.24 bits per heavy atom. The molecule has 0 aliphatic rings. The number of aromatic nitrogens is 1. The monoisotopic (exact) mass is 359 g/mol. The lowest BCUT2D eigenvalue weighted by Gasteiger charge is -2.20. The molecule has 0 N–H and O–H groups in total. The number of halogens is 1. The third-order valence-corrected chi connectivity index (χ3v) is 4.09. The zero-order chi connectivity index (χ0) is 18.0. The number of nitrogens with zero attached hydrogens (tertiary/aromatic N) is 1. The van der Waals surface area contributed by atoms with Crippen LogP contribution in [0.2, 0.25) is 5.02 Å². The van der Waals surface area contributed by atoms with E-state index in [0.29, 0.717) is 34.7 Å². The molecule has 0 amide bonds. The van der Waals surface area contributed by atoms with Crippen molar-refractivity contribution < 1.29 is 18.4 Å². The van der Waals surface area contributed by atoms with Crippen LogP contribution in [0, 0.1) is 0 Å². The van der Waals surface area contributed by atoms with Gasteiger partial charge < -0.3 is 13.6 Å². The Morgan fingerprint density at radius 2 is 1.96 bits per heavy atom. The van der Waals surface area contributed by atoms with Crippen molar-refractivity contribution in [1.29, 1.82) is 0 Å². The molecule has 0 aliphatic carbocycles. The van der Waals surface area contributed by atoms with Crippen LogP contribution in [0.3, 0.4) is 0 Å². The first-order valence-electron chi connectivity index (χ1n) is 7.92. The summed E-state index contributed by atoms with van der Waals surface area (Å²) in [5.41, 5.74) is 0.223. The number of esters is 1. The first-order valence-corrected chi connectivity index (χ1v) is 8.29. The standard InChI is InChI=1S/C19H18ClNO4/c1-4-23-18(22)19(2,3)16-15(14-6-5-11-24-14)25-17(21-16)12-7-9-13(20)10-8-12/h5-11H,4H2,1-3H3. The van der Waals surface area contributed by atoms with E-state index >= 15 is 0 Å². The van der Waals surface area contributed by atoms with Gasteiger partial charge in [-0.15, -0.1) is 0 Å². The van der Waals surface area contributed by atoms with Crippen molar-refractivity contribution in [1.82, 2.24) is 4.98 Å². The maximum Gasteiger partial charge on any atom is 0.317 e. The van der Waals surface area contributed by atoms with Crippen molar-refractivity contribution in [2.75, 3.05) is 6.61 Å². The highest BCUT2D eigenvalue weighted by molar-refractivity contribution is 6.30. The summed E-state index contributed by atoms with van der Waals surface area (Å²) in [7, 11) is 0. The maximum atomic E-state index is 12.4. The van der Waals surface area contributed by atoms with Crippen LogP contribution in [0.15, 0.2) is 51.5 Å². The quantitative estimate of drug-likeness (QED) is 0.593. The Balaban J connectivity index is 2.13. The molecule has 0 spiro atoms. The summed E-state index contributed by atoms with van der Waals surface area (Å²) in [5.74, 6) is 0.919. The smallest absolute Gasteiger partial charge is 0.317 e. The summed E-state index contributed by atoms with van der Waals surface area (Å²) in [6.45, 7) is 5.56. The van der Waals surface area contributed by atoms with Crippen LogP contribution in [-0.4, -0.2) is 17.6 Å². The second kappa shape index (κ2) is 6.76. The van der Waals surface area contributed by atoms with Crippen LogP contribution in [0.1, 0.15) is 26.5 Å². The lowest BCUT2D eigenvalue weighted by molar-refractivity contribution is -0.148. The van der Waals surface area contributed by atoms with E-state index in [1.54, 1.807) is 63.4 Å². The zero-order valence-electron chi connectivity index (χ0n) is 14.2. The second-order valence-electron chi connectivity index (χ2n) is 6.03. The highest BCUT2D eigenvalue weighted by atomic mass is 35.5. The fraction of sp³-hybridized carbons (Fsp3) is 0.263. The molecule has 5 nitrogen and oxygen atoms in total. The van der Waals surface area contributed by atoms with Gasteiger partial charge in [0.2, 0.25) is 5.89 Å². The molecule has 3 aromatic rings. The summed E-state index contributed by atoms with van der Waals surface area (Å²) < 4.78 is 16.6. The van der Waals surface area contributed by atoms with Gasteiger partial charge in [0.15, 0.2) is 11.5 Å². The second-order valence-corrected chi connectivity index (χ2v) is 6.46. The van der Waals surface area contributed by atoms with Crippen molar-refractivity contribution in [3.8, 4) is 23.0 Å². The van der Waals surface area contributed by atoms with E-state index in [1.165, 1.54) is 0 Å². The first kappa shape index (κ1) is 17.3. The van der Waals surface area contributed by atoms with Crippen LogP contribution >= 0.6 is 11.6 Å². The molecule has 0 fully saturated rings. The van der Waals surface area contributed by atoms with Crippen molar-refractivity contribution in [2.45, 2.75) is 26.2 Å². The number of carbonyl (C=O) groups excluding carboxylic acids is 1. The summed E-state index contributed by atoms with van der Waals surface area (Å²) in [4.78, 5) is 17.0. The molecule has 2 heterocycles. The number of benzene rings is 1. The predicted molar refractivity (Wildman–Crippen MR) is 94.3 cm³/mol. The van der Waals surface area contributed by atoms with Crippen molar-refractivity contribution in [3.05, 3.63) is 53.4 Å². The van der Waals surface area contributed by atoms with Gasteiger partial charge in [0.1, 0.15) is 11.1 Å². The molecule has 2 aromatic heterocycles. The third kappa shape index (κ3) is 3.33. The minimum atomic E-state index is -0.994. The summed E-state index contributed by atoms with van der Waals surface area (Å²) in [6, 6.07) is 10.6. The van der Waals surface area contributed by atoms with Gasteiger partial charge in [-0.05, 0) is 57.2 Å². The number of hydrogen-bond donors (Lipinski definition) is 0. The maximum absolute atomic E-state index is 12.4. The molecule has 0 aliphatic heterocycles. The Kier molecular flexibility index (Phi) is 4.68. The molecule has 0 saturated heterocycles. The highest BCUT2D eigenvalue weighted by Crippen LogP contribution is 2.37. The summed E-state index contributed by atoms with van der Waals surface area (Å²) in [6.07, 6.45) is 1.54. The number of hydrogen-bond acceptors (Lipinski definition) is 5. The normalized spacial score (nSPS) is 11.5. The molecule has 0 bridgehead atoms. The van der Waals surface area contributed by atoms with E-state index in [1.807, 2.05) is 0 Å². The molecule has 130 valence electrons. The van der Waals surface area contributed by atoms with Crippen LogP contribution in [0.4, 0.5) is 0 Å². The first-order chi connectivity index (χ1) is 11.9. The molecule has 0 radical (unpaired) electrons. The van der Waals surface area contributed by atoms with Crippen LogP contribution in [0.5, 0.6) is 0 Å². The average molecular weight is 360 g/mol. The number of oxazole rings is 1. The number of ether oxygens (including phenoxy) is 1. The number of rotatable bonds is 5.